The number of aromatic nitrogens is 3. The predicted molar refractivity (Wildman–Crippen MR) is 125 cm³/mol. The lowest BCUT2D eigenvalue weighted by molar-refractivity contribution is -0.151. The van der Waals surface area contributed by atoms with Gasteiger partial charge in [0.1, 0.15) is 5.69 Å². The van der Waals surface area contributed by atoms with Gasteiger partial charge in [0, 0.05) is 24.0 Å². The van der Waals surface area contributed by atoms with Crippen LogP contribution in [0.3, 0.4) is 0 Å². The summed E-state index contributed by atoms with van der Waals surface area (Å²) in [4.78, 5) is 24.4. The molecule has 3 atom stereocenters. The molecule has 2 aromatic heterocycles. The number of alkyl halides is 3. The van der Waals surface area contributed by atoms with Crippen molar-refractivity contribution in [2.45, 2.75) is 51.8 Å². The first-order valence-electron chi connectivity index (χ1n) is 11.0. The molecule has 35 heavy (non-hydrogen) atoms. The number of hydrogen-bond acceptors (Lipinski definition) is 7. The number of halogens is 3. The van der Waals surface area contributed by atoms with Gasteiger partial charge in [0.25, 0.3) is 0 Å². The molecule has 1 aliphatic carbocycles. The summed E-state index contributed by atoms with van der Waals surface area (Å²) in [5.41, 5.74) is 0.671. The summed E-state index contributed by atoms with van der Waals surface area (Å²) in [7, 11) is 0. The number of anilines is 2. The number of carboxylic acids is 1. The monoisotopic (exact) mass is 506 g/mol. The normalized spacial score (nSPS) is 22.1. The molecule has 0 bridgehead atoms. The molecule has 2 heterocycles. The van der Waals surface area contributed by atoms with Crippen LogP contribution in [0.5, 0.6) is 0 Å². The van der Waals surface area contributed by atoms with Crippen LogP contribution >= 0.6 is 11.3 Å². The summed E-state index contributed by atoms with van der Waals surface area (Å²) in [6.45, 7) is 5.66. The van der Waals surface area contributed by atoms with E-state index in [4.69, 9.17) is 0 Å². The molecule has 0 aliphatic heterocycles. The molecule has 7 nitrogen and oxygen atoms in total. The Labute approximate surface area is 204 Å². The van der Waals surface area contributed by atoms with E-state index in [0.717, 1.165) is 33.3 Å². The number of hydrogen-bond donors (Lipinski definition) is 3. The molecule has 0 amide bonds. The van der Waals surface area contributed by atoms with Crippen LogP contribution in [0.25, 0.3) is 10.4 Å². The van der Waals surface area contributed by atoms with E-state index in [-0.39, 0.29) is 18.3 Å². The highest BCUT2D eigenvalue weighted by atomic mass is 32.1. The molecule has 3 aromatic rings. The summed E-state index contributed by atoms with van der Waals surface area (Å²) in [6.07, 6.45) is -1.98. The fraction of sp³-hybridized carbons (Fsp3) is 0.417. The van der Waals surface area contributed by atoms with Crippen LogP contribution < -0.4 is 5.32 Å². The van der Waals surface area contributed by atoms with E-state index in [2.05, 4.69) is 20.3 Å². The molecule has 0 radical (unpaired) electrons. The number of benzene rings is 1. The smallest absolute Gasteiger partial charge is 0.433 e. The maximum Gasteiger partial charge on any atom is 0.433 e. The number of thiazole rings is 1. The number of aliphatic carboxylic acids is 1. The SMILES string of the molecule is Cc1cc(Nc2nccc(C(F)(F)F)n2)cc(-c2cnc(C3CC(C)(C)C(C(=O)O)C[C@H]3O)s2)c1. The number of aliphatic hydroxyl groups excluding tert-OH is 1. The minimum absolute atomic E-state index is 0.164. The summed E-state index contributed by atoms with van der Waals surface area (Å²) in [6, 6.07) is 6.28. The molecular formula is C24H25F3N4O3S. The predicted octanol–water partition coefficient (Wildman–Crippen LogP) is 5.64. The van der Waals surface area contributed by atoms with Crippen molar-refractivity contribution in [3.05, 3.63) is 52.9 Å². The zero-order chi connectivity index (χ0) is 25.5. The Bertz CT molecular complexity index is 1240. The van der Waals surface area contributed by atoms with Crippen LogP contribution in [-0.4, -0.2) is 37.2 Å². The largest absolute Gasteiger partial charge is 0.481 e. The first-order valence-corrected chi connectivity index (χ1v) is 11.8. The fourth-order valence-electron chi connectivity index (χ4n) is 4.55. The third-order valence-corrected chi connectivity index (χ3v) is 7.51. The Morgan fingerprint density at radius 2 is 1.97 bits per heavy atom. The molecule has 3 N–H and O–H groups in total. The summed E-state index contributed by atoms with van der Waals surface area (Å²) < 4.78 is 38.9. The van der Waals surface area contributed by atoms with Crippen LogP contribution in [0.2, 0.25) is 0 Å². The molecule has 186 valence electrons. The van der Waals surface area contributed by atoms with Crippen molar-refractivity contribution in [3.8, 4) is 10.4 Å². The molecule has 11 heteroatoms. The van der Waals surface area contributed by atoms with E-state index >= 15 is 0 Å². The highest BCUT2D eigenvalue weighted by molar-refractivity contribution is 7.15. The van der Waals surface area contributed by atoms with Crippen molar-refractivity contribution in [3.63, 3.8) is 0 Å². The molecule has 2 unspecified atom stereocenters. The average Bonchev–Trinajstić information content (AvgIpc) is 3.24. The van der Waals surface area contributed by atoms with E-state index in [1.54, 1.807) is 18.3 Å². The molecular weight excluding hydrogens is 481 g/mol. The van der Waals surface area contributed by atoms with Crippen LogP contribution in [-0.2, 0) is 11.0 Å². The van der Waals surface area contributed by atoms with Gasteiger partial charge in [0.05, 0.1) is 21.9 Å². The first kappa shape index (κ1) is 25.1. The summed E-state index contributed by atoms with van der Waals surface area (Å²) in [5.74, 6) is -1.98. The second kappa shape index (κ2) is 9.19. The molecule has 1 saturated carbocycles. The van der Waals surface area contributed by atoms with E-state index in [1.165, 1.54) is 11.3 Å². The first-order chi connectivity index (χ1) is 16.3. The molecule has 4 rings (SSSR count). The van der Waals surface area contributed by atoms with E-state index < -0.39 is 35.3 Å². The van der Waals surface area contributed by atoms with Crippen LogP contribution in [0.4, 0.5) is 24.8 Å². The minimum atomic E-state index is -4.57. The molecule has 0 spiro atoms. The van der Waals surface area contributed by atoms with Crippen molar-refractivity contribution < 1.29 is 28.2 Å². The van der Waals surface area contributed by atoms with Crippen molar-refractivity contribution >= 4 is 28.9 Å². The highest BCUT2D eigenvalue weighted by Crippen LogP contribution is 2.48. The lowest BCUT2D eigenvalue weighted by Gasteiger charge is -2.42. The zero-order valence-electron chi connectivity index (χ0n) is 19.3. The summed E-state index contributed by atoms with van der Waals surface area (Å²) in [5, 5.41) is 23.8. The van der Waals surface area contributed by atoms with Gasteiger partial charge in [-0.1, -0.05) is 19.9 Å². The van der Waals surface area contributed by atoms with Crippen LogP contribution in [0, 0.1) is 18.3 Å². The van der Waals surface area contributed by atoms with Crippen LogP contribution in [0.1, 0.15) is 48.9 Å². The Balaban J connectivity index is 1.58. The standard InChI is InChI=1S/C24H25F3N4O3S/c1-12-6-13(8-14(7-12)30-22-28-5-4-19(31-22)24(25,26)27)18-11-29-20(35-18)15-10-23(2,3)16(21(33)34)9-17(15)32/h4-8,11,15-17,32H,9-10H2,1-3H3,(H,33,34)(H,28,30,31)/t15?,16?,17-/m1/s1. The lowest BCUT2D eigenvalue weighted by Crippen LogP contribution is -2.42. The third kappa shape index (κ3) is 5.46. The average molecular weight is 507 g/mol. The van der Waals surface area contributed by atoms with Crippen LogP contribution in [0.15, 0.2) is 36.7 Å². The Morgan fingerprint density at radius 1 is 1.23 bits per heavy atom. The molecule has 1 aromatic carbocycles. The Morgan fingerprint density at radius 3 is 2.66 bits per heavy atom. The van der Waals surface area contributed by atoms with E-state index in [9.17, 15) is 28.2 Å². The third-order valence-electron chi connectivity index (χ3n) is 6.33. The second-order valence-corrected chi connectivity index (χ2v) is 10.6. The fourth-order valence-corrected chi connectivity index (χ4v) is 5.62. The van der Waals surface area contributed by atoms with Gasteiger partial charge in [-0.3, -0.25) is 4.79 Å². The van der Waals surface area contributed by atoms with Crippen molar-refractivity contribution in [1.29, 1.82) is 0 Å². The maximum atomic E-state index is 13.0. The van der Waals surface area contributed by atoms with Gasteiger partial charge in [0.15, 0.2) is 0 Å². The maximum absolute atomic E-state index is 13.0. The molecule has 0 saturated heterocycles. The van der Waals surface area contributed by atoms with Gasteiger partial charge in [-0.2, -0.15) is 13.2 Å². The minimum Gasteiger partial charge on any atom is -0.481 e. The highest BCUT2D eigenvalue weighted by Gasteiger charge is 2.46. The molecule has 1 aliphatic rings. The van der Waals surface area contributed by atoms with E-state index in [1.807, 2.05) is 26.8 Å². The number of carboxylic acid groups (broad SMARTS) is 1. The Hall–Kier alpha value is -3.05. The molecule has 1 fully saturated rings. The van der Waals surface area contributed by atoms with Gasteiger partial charge in [0.2, 0.25) is 5.95 Å². The zero-order valence-corrected chi connectivity index (χ0v) is 20.1. The Kier molecular flexibility index (Phi) is 6.58. The van der Waals surface area contributed by atoms with Crippen molar-refractivity contribution in [1.82, 2.24) is 15.0 Å². The van der Waals surface area contributed by atoms with Gasteiger partial charge >= 0.3 is 12.1 Å². The topological polar surface area (TPSA) is 108 Å². The number of aliphatic hydroxyl groups is 1. The van der Waals surface area contributed by atoms with Gasteiger partial charge in [-0.25, -0.2) is 15.0 Å². The lowest BCUT2D eigenvalue weighted by atomic mass is 9.64. The van der Waals surface area contributed by atoms with Crippen molar-refractivity contribution in [2.75, 3.05) is 5.32 Å². The number of nitrogens with one attached hydrogen (secondary N) is 1. The van der Waals surface area contributed by atoms with E-state index in [0.29, 0.717) is 12.1 Å². The number of nitrogens with zero attached hydrogens (tertiary/aromatic N) is 3. The number of rotatable bonds is 5. The number of carbonyl (C=O) groups is 1. The second-order valence-electron chi connectivity index (χ2n) is 9.53. The number of aryl methyl sites for hydroxylation is 1. The quantitative estimate of drug-likeness (QED) is 0.411. The van der Waals surface area contributed by atoms with Gasteiger partial charge in [-0.05, 0) is 54.5 Å². The summed E-state index contributed by atoms with van der Waals surface area (Å²) >= 11 is 1.41. The van der Waals surface area contributed by atoms with Gasteiger partial charge in [-0.15, -0.1) is 11.3 Å². The van der Waals surface area contributed by atoms with Gasteiger partial charge < -0.3 is 15.5 Å². The van der Waals surface area contributed by atoms with Crippen molar-refractivity contribution in [2.24, 2.45) is 11.3 Å².